The average Bonchev–Trinajstić information content (AvgIpc) is 3.41. The van der Waals surface area contributed by atoms with Crippen LogP contribution in [0.3, 0.4) is 0 Å². The molecule has 0 aromatic carbocycles. The van der Waals surface area contributed by atoms with Crippen molar-refractivity contribution in [1.82, 2.24) is 28.6 Å². The van der Waals surface area contributed by atoms with E-state index >= 15 is 0 Å². The molecule has 3 aromatic rings. The molecule has 0 radical (unpaired) electrons. The number of rotatable bonds is 8. The van der Waals surface area contributed by atoms with Gasteiger partial charge in [0, 0.05) is 49.5 Å². The third-order valence-corrected chi connectivity index (χ3v) is 7.52. The lowest BCUT2D eigenvalue weighted by Crippen LogP contribution is -2.64. The number of aliphatic hydroxyl groups excluding tert-OH is 1. The van der Waals surface area contributed by atoms with Gasteiger partial charge in [-0.15, -0.1) is 0 Å². The Morgan fingerprint density at radius 1 is 1.34 bits per heavy atom. The minimum Gasteiger partial charge on any atom is -0.396 e. The van der Waals surface area contributed by atoms with Gasteiger partial charge in [0.1, 0.15) is 11.9 Å². The van der Waals surface area contributed by atoms with Crippen LogP contribution in [0.2, 0.25) is 0 Å². The van der Waals surface area contributed by atoms with Gasteiger partial charge in [-0.3, -0.25) is 14.0 Å². The number of hydrogen-bond acceptors (Lipinski definition) is 8. The normalized spacial score (nSPS) is 16.0. The summed E-state index contributed by atoms with van der Waals surface area (Å²) >= 11 is 0. The van der Waals surface area contributed by atoms with Crippen molar-refractivity contribution < 1.29 is 18.3 Å². The third kappa shape index (κ3) is 3.68. The molecule has 0 bridgehead atoms. The second-order valence-electron chi connectivity index (χ2n) is 7.77. The number of nitrogens with zero attached hydrogens (tertiary/aromatic N) is 7. The van der Waals surface area contributed by atoms with Gasteiger partial charge in [-0.1, -0.05) is 0 Å². The van der Waals surface area contributed by atoms with Crippen LogP contribution in [-0.2, 0) is 15.6 Å². The highest BCUT2D eigenvalue weighted by atomic mass is 32.2. The predicted octanol–water partition coefficient (Wildman–Crippen LogP) is 0.982. The van der Waals surface area contributed by atoms with E-state index < -0.39 is 15.6 Å². The minimum atomic E-state index is -3.33. The van der Waals surface area contributed by atoms with Crippen LogP contribution in [-0.4, -0.2) is 73.5 Å². The van der Waals surface area contributed by atoms with Gasteiger partial charge in [-0.25, -0.2) is 18.4 Å². The van der Waals surface area contributed by atoms with Crippen LogP contribution in [0.5, 0.6) is 0 Å². The molecule has 32 heavy (non-hydrogen) atoms. The first-order chi connectivity index (χ1) is 15.3. The second kappa shape index (κ2) is 8.42. The lowest BCUT2D eigenvalue weighted by Gasteiger charge is -2.47. The van der Waals surface area contributed by atoms with E-state index in [-0.39, 0.29) is 44.2 Å². The molecule has 0 atom stereocenters. The Hall–Kier alpha value is -3.14. The van der Waals surface area contributed by atoms with Crippen molar-refractivity contribution >= 4 is 27.0 Å². The molecular formula is C20H23N7O4S. The summed E-state index contributed by atoms with van der Waals surface area (Å²) in [7, 11) is -3.33. The van der Waals surface area contributed by atoms with Crippen molar-refractivity contribution in [2.75, 3.05) is 25.4 Å². The number of carbonyl (C=O) groups excluding carboxylic acids is 1. The van der Waals surface area contributed by atoms with E-state index in [4.69, 9.17) is 5.11 Å². The number of aliphatic hydroxyl groups is 1. The summed E-state index contributed by atoms with van der Waals surface area (Å²) < 4.78 is 28.8. The number of aromatic nitrogens is 5. The van der Waals surface area contributed by atoms with E-state index in [2.05, 4.69) is 21.1 Å². The van der Waals surface area contributed by atoms with Crippen molar-refractivity contribution in [3.63, 3.8) is 0 Å². The Bertz CT molecular complexity index is 1300. The van der Waals surface area contributed by atoms with E-state index in [1.807, 2.05) is 0 Å². The average molecular weight is 458 g/mol. The van der Waals surface area contributed by atoms with Crippen LogP contribution in [0, 0.1) is 11.3 Å². The highest BCUT2D eigenvalue weighted by Gasteiger charge is 2.49. The summed E-state index contributed by atoms with van der Waals surface area (Å²) in [6.45, 7) is 1.90. The summed E-state index contributed by atoms with van der Waals surface area (Å²) in [4.78, 5) is 21.0. The van der Waals surface area contributed by atoms with Crippen LogP contribution >= 0.6 is 0 Å². The standard InChI is InChI=1S/C20H23N7O4S/c1-2-32(30,31)25-12-20(13-25,6-7-21)27-11-15(10-24-27)18-16-5-8-26(17(29)4-3-9-28)19(16)23-14-22-18/h5,8,10-11,14,28H,2-4,6,9,12-13H2,1H3. The molecule has 1 fully saturated rings. The predicted molar refractivity (Wildman–Crippen MR) is 115 cm³/mol. The largest absolute Gasteiger partial charge is 0.396 e. The zero-order chi connectivity index (χ0) is 22.9. The SMILES string of the molecule is CCS(=O)(=O)N1CC(CC#N)(n2cc(-c3ncnc4c3ccn4C(=O)CCCO)cn2)C1. The molecule has 3 aromatic heterocycles. The van der Waals surface area contributed by atoms with Crippen molar-refractivity contribution in [1.29, 1.82) is 5.26 Å². The first kappa shape index (κ1) is 22.1. The minimum absolute atomic E-state index is 0.00687. The number of hydrogen-bond donors (Lipinski definition) is 1. The zero-order valence-electron chi connectivity index (χ0n) is 17.5. The number of sulfonamides is 1. The maximum Gasteiger partial charge on any atom is 0.232 e. The Morgan fingerprint density at radius 3 is 2.81 bits per heavy atom. The Morgan fingerprint density at radius 2 is 2.12 bits per heavy atom. The fourth-order valence-corrected chi connectivity index (χ4v) is 5.15. The van der Waals surface area contributed by atoms with Crippen LogP contribution in [0.4, 0.5) is 0 Å². The monoisotopic (exact) mass is 457 g/mol. The zero-order valence-corrected chi connectivity index (χ0v) is 18.4. The quantitative estimate of drug-likeness (QED) is 0.526. The van der Waals surface area contributed by atoms with Crippen LogP contribution < -0.4 is 0 Å². The molecule has 0 saturated carbocycles. The number of nitriles is 1. The lowest BCUT2D eigenvalue weighted by molar-refractivity contribution is 0.0719. The third-order valence-electron chi connectivity index (χ3n) is 5.75. The molecule has 11 nitrogen and oxygen atoms in total. The summed E-state index contributed by atoms with van der Waals surface area (Å²) in [5.74, 6) is -0.165. The van der Waals surface area contributed by atoms with E-state index in [9.17, 15) is 18.5 Å². The maximum absolute atomic E-state index is 12.4. The first-order valence-electron chi connectivity index (χ1n) is 10.2. The van der Waals surface area contributed by atoms with Gasteiger partial charge in [0.2, 0.25) is 15.9 Å². The van der Waals surface area contributed by atoms with Gasteiger partial charge in [-0.2, -0.15) is 14.7 Å². The van der Waals surface area contributed by atoms with Gasteiger partial charge in [-0.05, 0) is 19.4 Å². The summed E-state index contributed by atoms with van der Waals surface area (Å²) in [5, 5.41) is 23.4. The van der Waals surface area contributed by atoms with Crippen LogP contribution in [0.25, 0.3) is 22.3 Å². The smallest absolute Gasteiger partial charge is 0.232 e. The molecule has 0 unspecified atom stereocenters. The summed E-state index contributed by atoms with van der Waals surface area (Å²) in [6.07, 6.45) is 7.06. The topological polar surface area (TPSA) is 147 Å². The van der Waals surface area contributed by atoms with E-state index in [0.717, 1.165) is 0 Å². The fraction of sp³-hybridized carbons (Fsp3) is 0.450. The molecule has 1 aliphatic heterocycles. The molecule has 0 amide bonds. The van der Waals surface area contributed by atoms with E-state index in [1.165, 1.54) is 15.2 Å². The van der Waals surface area contributed by atoms with Crippen molar-refractivity contribution in [3.8, 4) is 17.3 Å². The highest BCUT2D eigenvalue weighted by Crippen LogP contribution is 2.36. The second-order valence-corrected chi connectivity index (χ2v) is 10.0. The Kier molecular flexibility index (Phi) is 5.81. The van der Waals surface area contributed by atoms with Gasteiger partial charge in [0.05, 0.1) is 30.1 Å². The Balaban J connectivity index is 1.66. The molecule has 1 saturated heterocycles. The van der Waals surface area contributed by atoms with E-state index in [0.29, 0.717) is 28.7 Å². The number of carbonyl (C=O) groups is 1. The molecule has 1 aliphatic rings. The number of fused-ring (bicyclic) bond motifs is 1. The highest BCUT2D eigenvalue weighted by molar-refractivity contribution is 7.89. The Labute approximate surface area is 185 Å². The van der Waals surface area contributed by atoms with Gasteiger partial charge < -0.3 is 5.11 Å². The van der Waals surface area contributed by atoms with Gasteiger partial charge in [0.25, 0.3) is 0 Å². The van der Waals surface area contributed by atoms with Crippen molar-refractivity contribution in [3.05, 3.63) is 31.0 Å². The lowest BCUT2D eigenvalue weighted by atomic mass is 9.89. The van der Waals surface area contributed by atoms with Crippen LogP contribution in [0.1, 0.15) is 31.0 Å². The van der Waals surface area contributed by atoms with Crippen molar-refractivity contribution in [2.24, 2.45) is 0 Å². The summed E-state index contributed by atoms with van der Waals surface area (Å²) in [5.41, 5.74) is 0.987. The molecule has 168 valence electrons. The van der Waals surface area contributed by atoms with E-state index in [1.54, 1.807) is 36.3 Å². The first-order valence-corrected chi connectivity index (χ1v) is 11.8. The molecule has 4 heterocycles. The molecular weight excluding hydrogens is 434 g/mol. The molecule has 0 aliphatic carbocycles. The molecule has 0 spiro atoms. The fourth-order valence-electron chi connectivity index (χ4n) is 3.91. The maximum atomic E-state index is 12.4. The van der Waals surface area contributed by atoms with Crippen LogP contribution in [0.15, 0.2) is 31.0 Å². The van der Waals surface area contributed by atoms with Gasteiger partial charge >= 0.3 is 0 Å². The van der Waals surface area contributed by atoms with Crippen molar-refractivity contribution in [2.45, 2.75) is 31.7 Å². The summed E-state index contributed by atoms with van der Waals surface area (Å²) in [6, 6.07) is 3.90. The van der Waals surface area contributed by atoms with Gasteiger partial charge in [0.15, 0.2) is 5.65 Å². The molecule has 4 rings (SSSR count). The molecule has 12 heteroatoms. The molecule has 1 N–H and O–H groups in total.